The van der Waals surface area contributed by atoms with E-state index in [1.165, 1.54) is 25.1 Å². The van der Waals surface area contributed by atoms with Gasteiger partial charge in [-0.15, -0.1) is 0 Å². The Kier molecular flexibility index (Phi) is 4.27. The Morgan fingerprint density at radius 1 is 0.886 bits per heavy atom. The maximum Gasteiger partial charge on any atom is 0.347 e. The molecule has 3 aromatic carbocycles. The highest BCUT2D eigenvalue weighted by molar-refractivity contribution is 6.25. The number of hydrogen-bond acceptors (Lipinski definition) is 6. The molecule has 0 spiro atoms. The Balaban J connectivity index is 1.58. The van der Waals surface area contributed by atoms with Crippen LogP contribution in [0.25, 0.3) is 11.0 Å². The lowest BCUT2D eigenvalue weighted by atomic mass is 9.82. The Labute approximate surface area is 198 Å². The van der Waals surface area contributed by atoms with Gasteiger partial charge in [-0.1, -0.05) is 43.3 Å². The average Bonchev–Trinajstić information content (AvgIpc) is 3.46. The second kappa shape index (κ2) is 7.06. The zero-order valence-electron chi connectivity index (χ0n) is 18.4. The smallest absolute Gasteiger partial charge is 0.347 e. The van der Waals surface area contributed by atoms with E-state index in [2.05, 4.69) is 0 Å². The summed E-state index contributed by atoms with van der Waals surface area (Å²) in [6.45, 7) is 1.52. The number of Topliss-reactive ketones (excluding diaryl/α,β-unsaturated/α-hetero) is 2. The van der Waals surface area contributed by atoms with Gasteiger partial charge in [-0.05, 0) is 42.5 Å². The first kappa shape index (κ1) is 21.2. The minimum atomic E-state index is -1.97. The van der Waals surface area contributed by atoms with E-state index in [1.807, 2.05) is 0 Å². The first-order valence-electron chi connectivity index (χ1n) is 11.0. The fourth-order valence-electron chi connectivity index (χ4n) is 5.59. The van der Waals surface area contributed by atoms with Crippen molar-refractivity contribution in [3.8, 4) is 5.75 Å². The van der Waals surface area contributed by atoms with E-state index in [9.17, 15) is 23.6 Å². The normalized spacial score (nSPS) is 24.3. The molecule has 2 aliphatic rings. The van der Waals surface area contributed by atoms with Gasteiger partial charge in [0, 0.05) is 22.4 Å². The molecule has 1 aliphatic heterocycles. The summed E-state index contributed by atoms with van der Waals surface area (Å²) in [6.07, 6.45) is 0. The molecule has 0 saturated heterocycles. The molecular weight excluding hydrogens is 451 g/mol. The second-order valence-electron chi connectivity index (χ2n) is 9.02. The topological polar surface area (TPSA) is 90.7 Å². The van der Waals surface area contributed by atoms with Crippen LogP contribution < -0.4 is 10.4 Å². The fraction of sp³-hybridized carbons (Fsp3) is 0.143. The van der Waals surface area contributed by atoms with Gasteiger partial charge in [-0.25, -0.2) is 9.18 Å². The van der Waals surface area contributed by atoms with Crippen molar-refractivity contribution in [3.63, 3.8) is 0 Å². The maximum absolute atomic E-state index is 14.1. The lowest BCUT2D eigenvalue weighted by Gasteiger charge is -2.22. The summed E-state index contributed by atoms with van der Waals surface area (Å²) in [5.74, 6) is -3.40. The molecule has 0 amide bonds. The van der Waals surface area contributed by atoms with Crippen molar-refractivity contribution in [1.29, 1.82) is 0 Å². The average molecular weight is 468 g/mol. The van der Waals surface area contributed by atoms with Gasteiger partial charge in [0.2, 0.25) is 0 Å². The van der Waals surface area contributed by atoms with E-state index in [4.69, 9.17) is 9.15 Å². The van der Waals surface area contributed by atoms with E-state index < -0.39 is 45.7 Å². The van der Waals surface area contributed by atoms with Gasteiger partial charge < -0.3 is 9.15 Å². The molecule has 2 heterocycles. The van der Waals surface area contributed by atoms with Gasteiger partial charge in [0.25, 0.3) is 0 Å². The number of carbonyl (C=O) groups excluding carboxylic acids is 3. The maximum atomic E-state index is 14.1. The quantitative estimate of drug-likeness (QED) is 0.142. The molecule has 0 bridgehead atoms. The zero-order valence-corrected chi connectivity index (χ0v) is 18.4. The number of hydrogen-bond donors (Lipinski definition) is 0. The molecule has 0 N–H and O–H groups in total. The number of esters is 1. The first-order valence-corrected chi connectivity index (χ1v) is 11.0. The minimum absolute atomic E-state index is 0.145. The third-order valence-electron chi connectivity index (χ3n) is 7.32. The third kappa shape index (κ3) is 2.63. The van der Waals surface area contributed by atoms with Crippen LogP contribution in [0, 0.1) is 16.6 Å². The number of fused-ring (bicyclic) bond motifs is 4. The molecule has 172 valence electrons. The number of halogens is 1. The highest BCUT2D eigenvalue weighted by Crippen LogP contribution is 2.79. The van der Waals surface area contributed by atoms with Crippen LogP contribution in [0.5, 0.6) is 5.75 Å². The summed E-state index contributed by atoms with van der Waals surface area (Å²) in [4.78, 5) is 54.3. The van der Waals surface area contributed by atoms with Gasteiger partial charge in [0.1, 0.15) is 22.7 Å². The first-order chi connectivity index (χ1) is 16.8. The summed E-state index contributed by atoms with van der Waals surface area (Å²) in [6, 6.07) is 19.7. The van der Waals surface area contributed by atoms with Crippen molar-refractivity contribution in [2.45, 2.75) is 12.8 Å². The predicted molar refractivity (Wildman–Crippen MR) is 123 cm³/mol. The van der Waals surface area contributed by atoms with E-state index in [0.29, 0.717) is 16.5 Å². The molecular formula is C28H17FO6. The molecule has 1 aromatic heterocycles. The van der Waals surface area contributed by atoms with Crippen LogP contribution in [-0.4, -0.2) is 17.5 Å². The van der Waals surface area contributed by atoms with Gasteiger partial charge in [0.15, 0.2) is 17.0 Å². The number of ether oxygens (including phenoxy) is 1. The molecule has 7 heteroatoms. The van der Waals surface area contributed by atoms with Crippen molar-refractivity contribution < 1.29 is 27.9 Å². The Morgan fingerprint density at radius 2 is 1.57 bits per heavy atom. The molecule has 6 nitrogen and oxygen atoms in total. The van der Waals surface area contributed by atoms with Crippen LogP contribution in [0.1, 0.15) is 39.1 Å². The molecule has 1 saturated carbocycles. The molecule has 6 rings (SSSR count). The van der Waals surface area contributed by atoms with Gasteiger partial charge >= 0.3 is 11.6 Å². The number of carbonyl (C=O) groups is 3. The van der Waals surface area contributed by atoms with E-state index in [0.717, 1.165) is 12.1 Å². The highest BCUT2D eigenvalue weighted by Gasteiger charge is 2.87. The van der Waals surface area contributed by atoms with Crippen LogP contribution in [0.2, 0.25) is 0 Å². The Morgan fingerprint density at radius 3 is 2.34 bits per heavy atom. The SMILES string of the molecule is C[C@@]1(C(=O)c2ccc(F)cc2)[C@@H]2c3ccccc3OC(=O)[C@@]21C(=O)c1cc2ccccc2oc1=O. The fourth-order valence-corrected chi connectivity index (χ4v) is 5.59. The molecule has 35 heavy (non-hydrogen) atoms. The predicted octanol–water partition coefficient (Wildman–Crippen LogP) is 4.71. The van der Waals surface area contributed by atoms with Crippen molar-refractivity contribution in [1.82, 2.24) is 0 Å². The van der Waals surface area contributed by atoms with Crippen molar-refractivity contribution >= 4 is 28.5 Å². The Hall–Kier alpha value is -4.39. The summed E-state index contributed by atoms with van der Waals surface area (Å²) in [5, 5.41) is 0.500. The third-order valence-corrected chi connectivity index (χ3v) is 7.32. The molecule has 1 fully saturated rings. The molecule has 3 atom stereocenters. The minimum Gasteiger partial charge on any atom is -0.425 e. The van der Waals surface area contributed by atoms with Crippen molar-refractivity contribution in [2.75, 3.05) is 0 Å². The monoisotopic (exact) mass is 468 g/mol. The van der Waals surface area contributed by atoms with Crippen molar-refractivity contribution in [2.24, 2.45) is 10.8 Å². The van der Waals surface area contributed by atoms with Crippen molar-refractivity contribution in [3.05, 3.63) is 112 Å². The van der Waals surface area contributed by atoms with Gasteiger partial charge in [-0.3, -0.25) is 14.4 Å². The van der Waals surface area contributed by atoms with E-state index in [1.54, 1.807) is 48.5 Å². The molecule has 0 radical (unpaired) electrons. The van der Waals surface area contributed by atoms with Crippen LogP contribution in [-0.2, 0) is 4.79 Å². The van der Waals surface area contributed by atoms with Crippen LogP contribution in [0.3, 0.4) is 0 Å². The van der Waals surface area contributed by atoms with E-state index >= 15 is 0 Å². The lowest BCUT2D eigenvalue weighted by Crippen LogP contribution is -2.40. The lowest BCUT2D eigenvalue weighted by molar-refractivity contribution is -0.140. The second-order valence-corrected chi connectivity index (χ2v) is 9.02. The van der Waals surface area contributed by atoms with Crippen LogP contribution in [0.4, 0.5) is 4.39 Å². The Bertz CT molecular complexity index is 1640. The van der Waals surface area contributed by atoms with E-state index in [-0.39, 0.29) is 16.9 Å². The largest absolute Gasteiger partial charge is 0.425 e. The molecule has 4 aromatic rings. The highest BCUT2D eigenvalue weighted by atomic mass is 19.1. The summed E-state index contributed by atoms with van der Waals surface area (Å²) in [5.41, 5.74) is -3.82. The number of rotatable bonds is 4. The standard InChI is InChI=1S/C28H17FO6/c1-27(23(30)15-10-12-17(29)13-11-15)22-18-7-3-5-9-21(18)35-26(33)28(22,27)24(31)19-14-16-6-2-4-8-20(16)34-25(19)32/h2-14,22H,1H3/t22-,27-,28-/m0/s1. The summed E-state index contributed by atoms with van der Waals surface area (Å²) < 4.78 is 24.4. The number of benzene rings is 3. The molecule has 1 aliphatic carbocycles. The molecule has 0 unspecified atom stereocenters. The summed E-state index contributed by atoms with van der Waals surface area (Å²) >= 11 is 0. The van der Waals surface area contributed by atoms with Gasteiger partial charge in [0.05, 0.1) is 5.41 Å². The summed E-state index contributed by atoms with van der Waals surface area (Å²) in [7, 11) is 0. The zero-order chi connectivity index (χ0) is 24.5. The van der Waals surface area contributed by atoms with Crippen LogP contribution in [0.15, 0.2) is 88.1 Å². The number of para-hydroxylation sites is 2. The van der Waals surface area contributed by atoms with Gasteiger partial charge in [-0.2, -0.15) is 0 Å². The van der Waals surface area contributed by atoms with Crippen LogP contribution >= 0.6 is 0 Å². The number of ketones is 2.